The number of nitrogens with one attached hydrogen (secondary N) is 1. The van der Waals surface area contributed by atoms with Crippen LogP contribution in [0.3, 0.4) is 0 Å². The van der Waals surface area contributed by atoms with Gasteiger partial charge >= 0.3 is 29.6 Å². The van der Waals surface area contributed by atoms with E-state index in [4.69, 9.17) is 16.3 Å². The van der Waals surface area contributed by atoms with Crippen LogP contribution in [0.15, 0.2) is 46.4 Å². The first-order valence-corrected chi connectivity index (χ1v) is 10.1. The number of carbonyl (C=O) groups excluding carboxylic acids is 1. The standard InChI is InChI=1S/C18H21ClN4O5S.Na/c1-5-20-23(21-15-10-12(19)6-9-17(15)28-4)16-8-7-13(11-14(16)18(24)25)29(26,27)22(2)3;/h5-11,21H,1-4H3,(H,24,25);/q;+1/p-1. The molecule has 0 aromatic heterocycles. The van der Waals surface area contributed by atoms with E-state index in [-0.39, 0.29) is 45.7 Å². The molecule has 2 aromatic rings. The third-order valence-corrected chi connectivity index (χ3v) is 5.86. The Morgan fingerprint density at radius 2 is 1.90 bits per heavy atom. The molecule has 12 heteroatoms. The Bertz CT molecular complexity index is 1050. The van der Waals surface area contributed by atoms with E-state index in [2.05, 4.69) is 10.5 Å². The molecule has 0 aliphatic heterocycles. The molecule has 0 saturated heterocycles. The minimum Gasteiger partial charge on any atom is -0.545 e. The van der Waals surface area contributed by atoms with Crippen molar-refractivity contribution in [3.8, 4) is 5.75 Å². The molecule has 2 aromatic carbocycles. The average Bonchev–Trinajstić information content (AvgIpc) is 2.67. The van der Waals surface area contributed by atoms with Crippen LogP contribution in [-0.2, 0) is 10.0 Å². The molecule has 1 N–H and O–H groups in total. The summed E-state index contributed by atoms with van der Waals surface area (Å²) in [6.45, 7) is 1.63. The van der Waals surface area contributed by atoms with Crippen molar-refractivity contribution in [2.24, 2.45) is 5.10 Å². The summed E-state index contributed by atoms with van der Waals surface area (Å²) in [4.78, 5) is 11.5. The second-order valence-electron chi connectivity index (χ2n) is 5.90. The fourth-order valence-electron chi connectivity index (χ4n) is 2.38. The van der Waals surface area contributed by atoms with Crippen LogP contribution in [0.2, 0.25) is 5.02 Å². The van der Waals surface area contributed by atoms with E-state index in [0.29, 0.717) is 16.5 Å². The van der Waals surface area contributed by atoms with Crippen LogP contribution in [-0.4, -0.2) is 46.1 Å². The third-order valence-electron chi connectivity index (χ3n) is 3.81. The number of anilines is 2. The summed E-state index contributed by atoms with van der Waals surface area (Å²) in [5, 5.41) is 17.4. The van der Waals surface area contributed by atoms with E-state index in [1.54, 1.807) is 25.1 Å². The number of sulfonamides is 1. The van der Waals surface area contributed by atoms with Crippen molar-refractivity contribution in [3.63, 3.8) is 0 Å². The summed E-state index contributed by atoms with van der Waals surface area (Å²) in [6.07, 6.45) is 1.42. The van der Waals surface area contributed by atoms with Crippen molar-refractivity contribution >= 4 is 45.2 Å². The van der Waals surface area contributed by atoms with Crippen LogP contribution in [0, 0.1) is 0 Å². The maximum absolute atomic E-state index is 12.3. The van der Waals surface area contributed by atoms with E-state index in [1.807, 2.05) is 0 Å². The van der Waals surface area contributed by atoms with Gasteiger partial charge in [-0.2, -0.15) is 10.2 Å². The molecule has 2 rings (SSSR count). The van der Waals surface area contributed by atoms with Gasteiger partial charge in [0.15, 0.2) is 0 Å². The third kappa shape index (κ3) is 5.87. The van der Waals surface area contributed by atoms with Crippen LogP contribution < -0.4 is 49.9 Å². The van der Waals surface area contributed by atoms with Gasteiger partial charge in [0, 0.05) is 30.9 Å². The van der Waals surface area contributed by atoms with Gasteiger partial charge in [0.25, 0.3) is 0 Å². The molecule has 0 spiro atoms. The molecular weight excluding hydrogens is 443 g/mol. The second-order valence-corrected chi connectivity index (χ2v) is 8.48. The molecule has 0 amide bonds. The number of hydrogen-bond donors (Lipinski definition) is 1. The largest absolute Gasteiger partial charge is 1.00 e. The number of hydrazone groups is 1. The van der Waals surface area contributed by atoms with Crippen LogP contribution in [0.1, 0.15) is 17.3 Å². The Hall–Kier alpha value is -1.82. The Morgan fingerprint density at radius 3 is 2.43 bits per heavy atom. The summed E-state index contributed by atoms with van der Waals surface area (Å²) >= 11 is 6.03. The number of aromatic carboxylic acids is 1. The fraction of sp³-hybridized carbons (Fsp3) is 0.222. The molecule has 0 atom stereocenters. The first-order valence-electron chi connectivity index (χ1n) is 8.28. The number of benzene rings is 2. The molecule has 0 radical (unpaired) electrons. The molecule has 9 nitrogen and oxygen atoms in total. The van der Waals surface area contributed by atoms with Crippen LogP contribution in [0.5, 0.6) is 5.75 Å². The van der Waals surface area contributed by atoms with Gasteiger partial charge in [-0.25, -0.2) is 12.7 Å². The van der Waals surface area contributed by atoms with Gasteiger partial charge in [-0.3, -0.25) is 5.43 Å². The summed E-state index contributed by atoms with van der Waals surface area (Å²) in [5.74, 6) is -1.13. The van der Waals surface area contributed by atoms with Crippen molar-refractivity contribution < 1.29 is 52.6 Å². The minimum absolute atomic E-state index is 0. The van der Waals surface area contributed by atoms with E-state index < -0.39 is 16.0 Å². The number of carboxylic acid groups (broad SMARTS) is 1. The number of nitrogens with zero attached hydrogens (tertiary/aromatic N) is 3. The van der Waals surface area contributed by atoms with E-state index in [0.717, 1.165) is 15.5 Å². The maximum atomic E-state index is 12.3. The number of methoxy groups -OCH3 is 1. The maximum Gasteiger partial charge on any atom is 1.00 e. The molecule has 0 bridgehead atoms. The quantitative estimate of drug-likeness (QED) is 0.298. The van der Waals surface area contributed by atoms with Gasteiger partial charge in [0.2, 0.25) is 10.0 Å². The molecule has 0 saturated carbocycles. The van der Waals surface area contributed by atoms with E-state index in [1.165, 1.54) is 39.6 Å². The molecule has 0 heterocycles. The Kier molecular flexibility index (Phi) is 9.60. The molecule has 156 valence electrons. The SMILES string of the molecule is CC=NN(Nc1cc(Cl)ccc1OC)c1ccc(S(=O)(=O)N(C)C)cc1C(=O)[O-].[Na+]. The first kappa shape index (κ1) is 26.2. The zero-order chi connectivity index (χ0) is 21.8. The van der Waals surface area contributed by atoms with Gasteiger partial charge in [-0.1, -0.05) is 11.6 Å². The summed E-state index contributed by atoms with van der Waals surface area (Å²) < 4.78 is 31.0. The summed E-state index contributed by atoms with van der Waals surface area (Å²) in [5.41, 5.74) is 3.01. The van der Waals surface area contributed by atoms with Crippen molar-refractivity contribution in [1.82, 2.24) is 4.31 Å². The average molecular weight is 463 g/mol. The van der Waals surface area contributed by atoms with Gasteiger partial charge < -0.3 is 14.6 Å². The number of hydrazine groups is 1. The van der Waals surface area contributed by atoms with Gasteiger partial charge in [-0.15, -0.1) is 0 Å². The van der Waals surface area contributed by atoms with Crippen LogP contribution in [0.4, 0.5) is 11.4 Å². The zero-order valence-electron chi connectivity index (χ0n) is 17.2. The molecule has 0 aliphatic carbocycles. The Balaban J connectivity index is 0.00000450. The van der Waals surface area contributed by atoms with E-state index in [9.17, 15) is 18.3 Å². The smallest absolute Gasteiger partial charge is 0.545 e. The predicted octanol–water partition coefficient (Wildman–Crippen LogP) is -1.19. The van der Waals surface area contributed by atoms with E-state index >= 15 is 0 Å². The van der Waals surface area contributed by atoms with Crippen LogP contribution in [0.25, 0.3) is 0 Å². The predicted molar refractivity (Wildman–Crippen MR) is 110 cm³/mol. The Labute approximate surface area is 202 Å². The topological polar surface area (TPSA) is 114 Å². The summed E-state index contributed by atoms with van der Waals surface area (Å²) in [6, 6.07) is 8.46. The molecule has 30 heavy (non-hydrogen) atoms. The molecular formula is C18H20ClN4NaO5S. The normalized spacial score (nSPS) is 11.3. The molecule has 0 aliphatic rings. The van der Waals surface area contributed by atoms with Crippen molar-refractivity contribution in [1.29, 1.82) is 0 Å². The number of rotatable bonds is 8. The minimum atomic E-state index is -3.84. The van der Waals surface area contributed by atoms with Crippen LogP contribution >= 0.6 is 11.6 Å². The van der Waals surface area contributed by atoms with Gasteiger partial charge in [0.05, 0.1) is 29.3 Å². The van der Waals surface area contributed by atoms with Crippen molar-refractivity contribution in [2.75, 3.05) is 31.7 Å². The number of hydrogen-bond acceptors (Lipinski definition) is 8. The molecule has 0 unspecified atom stereocenters. The number of carbonyl (C=O) groups is 1. The summed E-state index contributed by atoms with van der Waals surface area (Å²) in [7, 11) is 0.332. The monoisotopic (exact) mass is 462 g/mol. The Morgan fingerprint density at radius 1 is 1.23 bits per heavy atom. The number of ether oxygens (including phenoxy) is 1. The van der Waals surface area contributed by atoms with Crippen molar-refractivity contribution in [2.45, 2.75) is 11.8 Å². The van der Waals surface area contributed by atoms with Gasteiger partial charge in [-0.05, 0) is 43.3 Å². The van der Waals surface area contributed by atoms with Gasteiger partial charge in [0.1, 0.15) is 5.75 Å². The first-order chi connectivity index (χ1) is 13.6. The molecule has 0 fully saturated rings. The number of carboxylic acids is 1. The second kappa shape index (κ2) is 11.0. The fourth-order valence-corrected chi connectivity index (χ4v) is 3.48. The zero-order valence-corrected chi connectivity index (χ0v) is 20.8. The van der Waals surface area contributed by atoms with Crippen molar-refractivity contribution in [3.05, 3.63) is 47.0 Å². The number of halogens is 1.